The zero-order valence-electron chi connectivity index (χ0n) is 12.3. The van der Waals surface area contributed by atoms with E-state index in [-0.39, 0.29) is 6.09 Å². The van der Waals surface area contributed by atoms with Crippen LogP contribution in [-0.4, -0.2) is 29.2 Å². The molecule has 1 N–H and O–H groups in total. The molecule has 0 fully saturated rings. The number of benzene rings is 1. The molecule has 2 rings (SSSR count). The second-order valence-corrected chi connectivity index (χ2v) is 5.91. The van der Waals surface area contributed by atoms with Crippen LogP contribution in [0.25, 0.3) is 0 Å². The van der Waals surface area contributed by atoms with Crippen LogP contribution in [0, 0.1) is 0 Å². The van der Waals surface area contributed by atoms with Crippen molar-refractivity contribution in [2.24, 2.45) is 5.16 Å². The summed E-state index contributed by atoms with van der Waals surface area (Å²) in [6.07, 6.45) is 0.456. The Labute approximate surface area is 118 Å². The molecule has 1 aromatic rings. The quantitative estimate of drug-likeness (QED) is 0.487. The molecule has 0 saturated heterocycles. The molecule has 1 aliphatic rings. The summed E-state index contributed by atoms with van der Waals surface area (Å²) in [4.78, 5) is 13.8. The van der Waals surface area contributed by atoms with Crippen LogP contribution in [0.3, 0.4) is 0 Å². The van der Waals surface area contributed by atoms with Gasteiger partial charge in [0.15, 0.2) is 0 Å². The van der Waals surface area contributed by atoms with Gasteiger partial charge in [-0.1, -0.05) is 11.2 Å². The Morgan fingerprint density at radius 2 is 2.10 bits per heavy atom. The van der Waals surface area contributed by atoms with Crippen molar-refractivity contribution in [3.05, 3.63) is 29.3 Å². The molecule has 20 heavy (non-hydrogen) atoms. The molecule has 0 atom stereocenters. The van der Waals surface area contributed by atoms with Gasteiger partial charge in [0.2, 0.25) is 0 Å². The van der Waals surface area contributed by atoms with Crippen LogP contribution >= 0.6 is 0 Å². The van der Waals surface area contributed by atoms with Crippen molar-refractivity contribution >= 4 is 17.5 Å². The number of carbonyl (C=O) groups excluding carboxylic acids is 1. The lowest BCUT2D eigenvalue weighted by atomic mass is 10.1. The van der Waals surface area contributed by atoms with Gasteiger partial charge in [-0.2, -0.15) is 0 Å². The highest BCUT2D eigenvalue weighted by atomic mass is 16.6. The molecule has 0 saturated carbocycles. The van der Waals surface area contributed by atoms with Crippen LogP contribution in [0.2, 0.25) is 0 Å². The van der Waals surface area contributed by atoms with Gasteiger partial charge >= 0.3 is 6.09 Å². The lowest BCUT2D eigenvalue weighted by Gasteiger charge is -2.24. The van der Waals surface area contributed by atoms with Gasteiger partial charge in [0, 0.05) is 6.54 Å². The van der Waals surface area contributed by atoms with Crippen molar-refractivity contribution in [1.29, 1.82) is 0 Å². The van der Waals surface area contributed by atoms with Crippen molar-refractivity contribution < 1.29 is 14.7 Å². The minimum Gasteiger partial charge on any atom is -0.443 e. The predicted octanol–water partition coefficient (Wildman–Crippen LogP) is 3.18. The maximum absolute atomic E-state index is 12.1. The summed E-state index contributed by atoms with van der Waals surface area (Å²) in [6.45, 7) is 7.91. The molecule has 1 amide bonds. The van der Waals surface area contributed by atoms with Gasteiger partial charge in [0.05, 0.1) is 11.4 Å². The molecule has 0 bridgehead atoms. The molecule has 0 unspecified atom stereocenters. The third kappa shape index (κ3) is 2.92. The molecule has 1 heterocycles. The highest BCUT2D eigenvalue weighted by Crippen LogP contribution is 2.30. The second kappa shape index (κ2) is 5.15. The number of anilines is 1. The summed E-state index contributed by atoms with van der Waals surface area (Å²) in [5.41, 5.74) is 2.85. The van der Waals surface area contributed by atoms with E-state index in [1.165, 1.54) is 0 Å². The maximum atomic E-state index is 12.1. The van der Waals surface area contributed by atoms with E-state index in [2.05, 4.69) is 5.16 Å². The fourth-order valence-electron chi connectivity index (χ4n) is 2.19. The van der Waals surface area contributed by atoms with E-state index in [9.17, 15) is 4.79 Å². The first-order valence-corrected chi connectivity index (χ1v) is 6.64. The predicted molar refractivity (Wildman–Crippen MR) is 77.7 cm³/mol. The van der Waals surface area contributed by atoms with E-state index in [0.717, 1.165) is 23.2 Å². The molecule has 1 aliphatic heterocycles. The van der Waals surface area contributed by atoms with Crippen LogP contribution in [0.4, 0.5) is 10.5 Å². The Kier molecular flexibility index (Phi) is 3.70. The van der Waals surface area contributed by atoms with Crippen LogP contribution in [0.15, 0.2) is 23.4 Å². The lowest BCUT2D eigenvalue weighted by molar-refractivity contribution is 0.0584. The van der Waals surface area contributed by atoms with Gasteiger partial charge in [0.25, 0.3) is 0 Å². The first kappa shape index (κ1) is 14.4. The smallest absolute Gasteiger partial charge is 0.414 e. The molecular formula is C15H20N2O3. The number of amides is 1. The van der Waals surface area contributed by atoms with E-state index in [4.69, 9.17) is 9.94 Å². The fraction of sp³-hybridized carbons (Fsp3) is 0.467. The average molecular weight is 276 g/mol. The summed E-state index contributed by atoms with van der Waals surface area (Å²) in [5, 5.41) is 12.0. The standard InChI is InChI=1S/C15H20N2O3/c1-10(16-19)11-5-6-13-12(9-11)7-8-17(13)14(18)20-15(2,3)4/h5-6,9,19H,7-8H2,1-4H3. The number of ether oxygens (including phenoxy) is 1. The van der Waals surface area contributed by atoms with Crippen molar-refractivity contribution in [1.82, 2.24) is 0 Å². The van der Waals surface area contributed by atoms with E-state index in [1.54, 1.807) is 11.8 Å². The molecule has 5 nitrogen and oxygen atoms in total. The van der Waals surface area contributed by atoms with E-state index in [0.29, 0.717) is 12.3 Å². The molecule has 5 heteroatoms. The van der Waals surface area contributed by atoms with Gasteiger partial charge in [0.1, 0.15) is 5.60 Å². The van der Waals surface area contributed by atoms with Gasteiger partial charge in [-0.15, -0.1) is 0 Å². The van der Waals surface area contributed by atoms with Crippen molar-refractivity contribution in [3.63, 3.8) is 0 Å². The van der Waals surface area contributed by atoms with Gasteiger partial charge in [-0.3, -0.25) is 4.90 Å². The van der Waals surface area contributed by atoms with E-state index >= 15 is 0 Å². The lowest BCUT2D eigenvalue weighted by Crippen LogP contribution is -2.35. The number of rotatable bonds is 1. The third-order valence-electron chi connectivity index (χ3n) is 3.16. The Morgan fingerprint density at radius 1 is 1.40 bits per heavy atom. The Bertz CT molecular complexity index is 559. The summed E-state index contributed by atoms with van der Waals surface area (Å²) in [5.74, 6) is 0. The summed E-state index contributed by atoms with van der Waals surface area (Å²) in [6, 6.07) is 5.67. The monoisotopic (exact) mass is 276 g/mol. The number of fused-ring (bicyclic) bond motifs is 1. The highest BCUT2D eigenvalue weighted by molar-refractivity contribution is 6.00. The summed E-state index contributed by atoms with van der Waals surface area (Å²) < 4.78 is 5.40. The molecule has 0 aromatic heterocycles. The minimum atomic E-state index is -0.500. The number of hydrogen-bond donors (Lipinski definition) is 1. The molecular weight excluding hydrogens is 256 g/mol. The van der Waals surface area contributed by atoms with E-state index in [1.807, 2.05) is 39.0 Å². The van der Waals surface area contributed by atoms with Crippen LogP contribution in [0.5, 0.6) is 0 Å². The number of carbonyl (C=O) groups is 1. The molecule has 108 valence electrons. The molecule has 0 aliphatic carbocycles. The Hall–Kier alpha value is -2.04. The summed E-state index contributed by atoms with van der Waals surface area (Å²) >= 11 is 0. The maximum Gasteiger partial charge on any atom is 0.414 e. The summed E-state index contributed by atoms with van der Waals surface area (Å²) in [7, 11) is 0. The topological polar surface area (TPSA) is 62.1 Å². The Morgan fingerprint density at radius 3 is 2.70 bits per heavy atom. The third-order valence-corrected chi connectivity index (χ3v) is 3.16. The molecule has 0 spiro atoms. The highest BCUT2D eigenvalue weighted by Gasteiger charge is 2.29. The van der Waals surface area contributed by atoms with Crippen molar-refractivity contribution in [2.45, 2.75) is 39.7 Å². The number of nitrogens with zero attached hydrogens (tertiary/aromatic N) is 2. The van der Waals surface area contributed by atoms with Crippen LogP contribution < -0.4 is 4.90 Å². The fourth-order valence-corrected chi connectivity index (χ4v) is 2.19. The molecule has 1 aromatic carbocycles. The minimum absolute atomic E-state index is 0.323. The van der Waals surface area contributed by atoms with Gasteiger partial charge < -0.3 is 9.94 Å². The average Bonchev–Trinajstić information content (AvgIpc) is 2.78. The van der Waals surface area contributed by atoms with Crippen molar-refractivity contribution in [2.75, 3.05) is 11.4 Å². The zero-order valence-corrected chi connectivity index (χ0v) is 12.3. The SMILES string of the molecule is CC(=NO)c1ccc2c(c1)CCN2C(=O)OC(C)(C)C. The Balaban J connectivity index is 2.24. The van der Waals surface area contributed by atoms with Gasteiger partial charge in [-0.25, -0.2) is 4.79 Å². The molecule has 0 radical (unpaired) electrons. The number of hydrogen-bond acceptors (Lipinski definition) is 4. The largest absolute Gasteiger partial charge is 0.443 e. The first-order valence-electron chi connectivity index (χ1n) is 6.64. The zero-order chi connectivity index (χ0) is 14.9. The van der Waals surface area contributed by atoms with E-state index < -0.39 is 5.60 Å². The normalized spacial score (nSPS) is 15.2. The number of oxime groups is 1. The van der Waals surface area contributed by atoms with Gasteiger partial charge in [-0.05, 0) is 57.4 Å². The van der Waals surface area contributed by atoms with Crippen LogP contribution in [0.1, 0.15) is 38.8 Å². The van der Waals surface area contributed by atoms with Crippen molar-refractivity contribution in [3.8, 4) is 0 Å². The first-order chi connectivity index (χ1) is 9.31. The van der Waals surface area contributed by atoms with Crippen LogP contribution in [-0.2, 0) is 11.2 Å². The second-order valence-electron chi connectivity index (χ2n) is 5.91.